The van der Waals surface area contributed by atoms with Crippen LogP contribution in [-0.4, -0.2) is 31.8 Å². The van der Waals surface area contributed by atoms with Gasteiger partial charge in [-0.05, 0) is 24.6 Å². The van der Waals surface area contributed by atoms with Crippen molar-refractivity contribution in [3.63, 3.8) is 0 Å². The Morgan fingerprint density at radius 1 is 1.58 bits per heavy atom. The maximum absolute atomic E-state index is 11.7. The molecule has 1 aliphatic rings. The average Bonchev–Trinajstić information content (AvgIpc) is 3.17. The van der Waals surface area contributed by atoms with E-state index in [4.69, 9.17) is 11.6 Å². The molecule has 1 aliphatic carbocycles. The monoisotopic (exact) mass is 298 g/mol. The summed E-state index contributed by atoms with van der Waals surface area (Å²) in [5, 5.41) is 10.9. The van der Waals surface area contributed by atoms with Crippen molar-refractivity contribution < 1.29 is 0 Å². The van der Waals surface area contributed by atoms with E-state index in [1.54, 1.807) is 11.6 Å². The maximum Gasteiger partial charge on any atom is 0.344 e. The number of anilines is 1. The van der Waals surface area contributed by atoms with Gasteiger partial charge < -0.3 is 5.32 Å². The fourth-order valence-corrected chi connectivity index (χ4v) is 2.73. The van der Waals surface area contributed by atoms with Crippen LogP contribution < -0.4 is 11.0 Å². The van der Waals surface area contributed by atoms with Gasteiger partial charge in [-0.2, -0.15) is 0 Å². The third kappa shape index (κ3) is 2.45. The standard InChI is InChI=1S/C10H11ClN6OS/c1-12-8-13-4-6(11)7(14-8)19-10-16-15-9(18)17(10)5-2-3-5/h4-5H,2-3H2,1H3,(H,15,18)(H,12,13,14). The number of nitrogens with one attached hydrogen (secondary N) is 2. The third-order valence-corrected chi connectivity index (χ3v) is 4.07. The number of aromatic nitrogens is 5. The second-order valence-electron chi connectivity index (χ2n) is 4.11. The van der Waals surface area contributed by atoms with Crippen molar-refractivity contribution in [1.82, 2.24) is 24.7 Å². The van der Waals surface area contributed by atoms with Crippen LogP contribution in [0.3, 0.4) is 0 Å². The number of hydrogen-bond acceptors (Lipinski definition) is 6. The van der Waals surface area contributed by atoms with E-state index in [2.05, 4.69) is 25.5 Å². The summed E-state index contributed by atoms with van der Waals surface area (Å²) in [5.74, 6) is 0.475. The summed E-state index contributed by atoms with van der Waals surface area (Å²) in [7, 11) is 1.73. The van der Waals surface area contributed by atoms with Gasteiger partial charge in [0.2, 0.25) is 5.95 Å². The fourth-order valence-electron chi connectivity index (χ4n) is 1.65. The smallest absolute Gasteiger partial charge is 0.344 e. The molecule has 1 saturated carbocycles. The molecule has 9 heteroatoms. The van der Waals surface area contributed by atoms with Crippen molar-refractivity contribution in [1.29, 1.82) is 0 Å². The molecule has 0 spiro atoms. The lowest BCUT2D eigenvalue weighted by Crippen LogP contribution is -2.16. The van der Waals surface area contributed by atoms with Crippen molar-refractivity contribution >= 4 is 29.3 Å². The molecule has 19 heavy (non-hydrogen) atoms. The van der Waals surface area contributed by atoms with Crippen LogP contribution in [0.1, 0.15) is 18.9 Å². The SMILES string of the molecule is CNc1ncc(Cl)c(Sc2n[nH]c(=O)n2C2CC2)n1. The Kier molecular flexibility index (Phi) is 3.19. The van der Waals surface area contributed by atoms with Crippen LogP contribution in [0.5, 0.6) is 0 Å². The molecule has 0 aliphatic heterocycles. The van der Waals surface area contributed by atoms with Gasteiger partial charge in [-0.1, -0.05) is 11.6 Å². The minimum Gasteiger partial charge on any atom is -0.357 e. The first-order valence-electron chi connectivity index (χ1n) is 5.74. The van der Waals surface area contributed by atoms with Crippen LogP contribution in [0.15, 0.2) is 21.2 Å². The first kappa shape index (κ1) is 12.5. The van der Waals surface area contributed by atoms with Crippen LogP contribution in [0, 0.1) is 0 Å². The molecule has 0 radical (unpaired) electrons. The molecule has 2 aromatic heterocycles. The molecule has 2 heterocycles. The van der Waals surface area contributed by atoms with Crippen LogP contribution >= 0.6 is 23.4 Å². The lowest BCUT2D eigenvalue weighted by Gasteiger charge is -2.05. The minimum atomic E-state index is -0.191. The van der Waals surface area contributed by atoms with Gasteiger partial charge in [-0.25, -0.2) is 19.9 Å². The Morgan fingerprint density at radius 3 is 3.05 bits per heavy atom. The quantitative estimate of drug-likeness (QED) is 0.833. The molecule has 0 aromatic carbocycles. The highest BCUT2D eigenvalue weighted by atomic mass is 35.5. The fraction of sp³-hybridized carbons (Fsp3) is 0.400. The molecule has 100 valence electrons. The van der Waals surface area contributed by atoms with Crippen LogP contribution in [0.4, 0.5) is 5.95 Å². The van der Waals surface area contributed by atoms with Crippen molar-refractivity contribution in [3.05, 3.63) is 21.7 Å². The maximum atomic E-state index is 11.7. The van der Waals surface area contributed by atoms with E-state index in [1.807, 2.05) is 0 Å². The zero-order valence-corrected chi connectivity index (χ0v) is 11.6. The normalized spacial score (nSPS) is 14.6. The molecular formula is C10H11ClN6OS. The minimum absolute atomic E-state index is 0.191. The Morgan fingerprint density at radius 2 is 2.37 bits per heavy atom. The van der Waals surface area contributed by atoms with E-state index in [0.717, 1.165) is 12.8 Å². The molecule has 0 unspecified atom stereocenters. The molecule has 7 nitrogen and oxygen atoms in total. The van der Waals surface area contributed by atoms with E-state index < -0.39 is 0 Å². The van der Waals surface area contributed by atoms with Crippen LogP contribution in [0.2, 0.25) is 5.02 Å². The zero-order chi connectivity index (χ0) is 13.4. The largest absolute Gasteiger partial charge is 0.357 e. The summed E-state index contributed by atoms with van der Waals surface area (Å²) in [6.07, 6.45) is 3.54. The number of rotatable bonds is 4. The van der Waals surface area contributed by atoms with Gasteiger partial charge in [0.25, 0.3) is 0 Å². The number of halogens is 1. The van der Waals surface area contributed by atoms with Crippen LogP contribution in [-0.2, 0) is 0 Å². The van der Waals surface area contributed by atoms with Gasteiger partial charge in [0.15, 0.2) is 5.16 Å². The predicted molar refractivity (Wildman–Crippen MR) is 71.8 cm³/mol. The highest BCUT2D eigenvalue weighted by molar-refractivity contribution is 7.99. The summed E-state index contributed by atoms with van der Waals surface area (Å²) >= 11 is 7.32. The second kappa shape index (κ2) is 4.86. The first-order chi connectivity index (χ1) is 9.19. The first-order valence-corrected chi connectivity index (χ1v) is 6.93. The van der Waals surface area contributed by atoms with Gasteiger partial charge >= 0.3 is 5.69 Å². The Labute approximate surface area is 117 Å². The van der Waals surface area contributed by atoms with Gasteiger partial charge in [0, 0.05) is 13.1 Å². The van der Waals surface area contributed by atoms with Gasteiger partial charge in [0.05, 0.1) is 11.2 Å². The van der Waals surface area contributed by atoms with Gasteiger partial charge in [0.1, 0.15) is 5.03 Å². The zero-order valence-electron chi connectivity index (χ0n) is 10.1. The van der Waals surface area contributed by atoms with E-state index in [0.29, 0.717) is 21.2 Å². The summed E-state index contributed by atoms with van der Waals surface area (Å²) in [4.78, 5) is 19.9. The van der Waals surface area contributed by atoms with Gasteiger partial charge in [-0.3, -0.25) is 4.57 Å². The molecule has 0 bridgehead atoms. The van der Waals surface area contributed by atoms with Crippen molar-refractivity contribution in [2.45, 2.75) is 29.1 Å². The van der Waals surface area contributed by atoms with Crippen molar-refractivity contribution in [2.75, 3.05) is 12.4 Å². The van der Waals surface area contributed by atoms with Crippen molar-refractivity contribution in [2.24, 2.45) is 0 Å². The van der Waals surface area contributed by atoms with Gasteiger partial charge in [-0.15, -0.1) is 5.10 Å². The Bertz CT molecular complexity index is 664. The second-order valence-corrected chi connectivity index (χ2v) is 5.47. The molecule has 0 atom stereocenters. The molecule has 3 rings (SSSR count). The number of nitrogens with zero attached hydrogens (tertiary/aromatic N) is 4. The average molecular weight is 299 g/mol. The Hall–Kier alpha value is -1.54. The number of hydrogen-bond donors (Lipinski definition) is 2. The third-order valence-electron chi connectivity index (χ3n) is 2.71. The lowest BCUT2D eigenvalue weighted by molar-refractivity contribution is 0.642. The summed E-state index contributed by atoms with van der Waals surface area (Å²) in [6, 6.07) is 0.248. The molecule has 0 amide bonds. The predicted octanol–water partition coefficient (Wildman–Crippen LogP) is 1.54. The number of aromatic amines is 1. The van der Waals surface area contributed by atoms with E-state index in [1.165, 1.54) is 18.0 Å². The lowest BCUT2D eigenvalue weighted by atomic mass is 10.6. The summed E-state index contributed by atoms with van der Waals surface area (Å²) in [5.41, 5.74) is -0.191. The molecule has 2 N–H and O–H groups in total. The summed E-state index contributed by atoms with van der Waals surface area (Å²) < 4.78 is 1.65. The summed E-state index contributed by atoms with van der Waals surface area (Å²) in [6.45, 7) is 0. The van der Waals surface area contributed by atoms with E-state index in [-0.39, 0.29) is 11.7 Å². The highest BCUT2D eigenvalue weighted by Gasteiger charge is 2.29. The van der Waals surface area contributed by atoms with E-state index in [9.17, 15) is 4.79 Å². The Balaban J connectivity index is 1.95. The van der Waals surface area contributed by atoms with E-state index >= 15 is 0 Å². The molecule has 2 aromatic rings. The highest BCUT2D eigenvalue weighted by Crippen LogP contribution is 2.38. The van der Waals surface area contributed by atoms with Crippen LogP contribution in [0.25, 0.3) is 0 Å². The molecular weight excluding hydrogens is 288 g/mol. The topological polar surface area (TPSA) is 88.5 Å². The molecule has 1 fully saturated rings. The van der Waals surface area contributed by atoms with Crippen molar-refractivity contribution in [3.8, 4) is 0 Å². The molecule has 0 saturated heterocycles. The number of H-pyrrole nitrogens is 1.